The topological polar surface area (TPSA) is 21.3 Å². The highest BCUT2D eigenvalue weighted by molar-refractivity contribution is 6.20. The fraction of sp³-hybridized carbons (Fsp3) is 1.00. The van der Waals surface area contributed by atoms with E-state index in [2.05, 4.69) is 19.2 Å². The molecule has 1 N–H and O–H groups in total. The number of halogens is 1. The van der Waals surface area contributed by atoms with Crippen molar-refractivity contribution >= 4 is 11.6 Å². The minimum atomic E-state index is 0.252. The molecule has 0 aliphatic carbocycles. The molecule has 0 aromatic heterocycles. The number of rotatable bonds is 5. The number of nitrogens with one attached hydrogen (secondary N) is 1. The molecular formula is C10H20ClNO. The van der Waals surface area contributed by atoms with E-state index in [1.807, 2.05) is 0 Å². The van der Waals surface area contributed by atoms with E-state index < -0.39 is 0 Å². The van der Waals surface area contributed by atoms with E-state index in [0.29, 0.717) is 11.8 Å². The quantitative estimate of drug-likeness (QED) is 0.693. The molecule has 1 aliphatic rings. The van der Waals surface area contributed by atoms with Gasteiger partial charge in [0.2, 0.25) is 0 Å². The molecule has 0 amide bonds. The van der Waals surface area contributed by atoms with Gasteiger partial charge in [0, 0.05) is 25.1 Å². The zero-order valence-electron chi connectivity index (χ0n) is 8.55. The van der Waals surface area contributed by atoms with Crippen molar-refractivity contribution in [3.8, 4) is 0 Å². The number of hydrogen-bond acceptors (Lipinski definition) is 2. The van der Waals surface area contributed by atoms with Gasteiger partial charge in [0.1, 0.15) is 0 Å². The van der Waals surface area contributed by atoms with E-state index in [4.69, 9.17) is 16.3 Å². The summed E-state index contributed by atoms with van der Waals surface area (Å²) in [6.45, 7) is 8.12. The van der Waals surface area contributed by atoms with E-state index >= 15 is 0 Å². The van der Waals surface area contributed by atoms with Gasteiger partial charge in [-0.15, -0.1) is 11.6 Å². The first-order chi connectivity index (χ1) is 6.20. The van der Waals surface area contributed by atoms with Crippen LogP contribution in [0.5, 0.6) is 0 Å². The maximum atomic E-state index is 6.11. The minimum absolute atomic E-state index is 0.252. The van der Waals surface area contributed by atoms with Crippen molar-refractivity contribution in [3.63, 3.8) is 0 Å². The zero-order chi connectivity index (χ0) is 9.68. The molecule has 2 nitrogen and oxygen atoms in total. The van der Waals surface area contributed by atoms with E-state index in [9.17, 15) is 0 Å². The molecule has 0 aromatic carbocycles. The third-order valence-corrected chi connectivity index (χ3v) is 3.18. The van der Waals surface area contributed by atoms with Gasteiger partial charge in [-0.2, -0.15) is 0 Å². The van der Waals surface area contributed by atoms with Crippen LogP contribution < -0.4 is 5.32 Å². The van der Waals surface area contributed by atoms with Gasteiger partial charge >= 0.3 is 0 Å². The predicted molar refractivity (Wildman–Crippen MR) is 56.3 cm³/mol. The second-order valence-corrected chi connectivity index (χ2v) is 4.71. The first-order valence-electron chi connectivity index (χ1n) is 5.12. The zero-order valence-corrected chi connectivity index (χ0v) is 9.31. The van der Waals surface area contributed by atoms with Crippen LogP contribution >= 0.6 is 11.6 Å². The van der Waals surface area contributed by atoms with Crippen molar-refractivity contribution < 1.29 is 4.74 Å². The summed E-state index contributed by atoms with van der Waals surface area (Å²) in [5.74, 6) is 1.25. The second kappa shape index (κ2) is 5.84. The summed E-state index contributed by atoms with van der Waals surface area (Å²) >= 11 is 6.11. The van der Waals surface area contributed by atoms with Crippen LogP contribution in [0.1, 0.15) is 20.3 Å². The molecule has 1 fully saturated rings. The van der Waals surface area contributed by atoms with Crippen molar-refractivity contribution in [1.29, 1.82) is 0 Å². The molecule has 3 heteroatoms. The van der Waals surface area contributed by atoms with Gasteiger partial charge in [0.25, 0.3) is 0 Å². The van der Waals surface area contributed by atoms with E-state index in [1.54, 1.807) is 0 Å². The SMILES string of the molecule is CC(C)C(Cl)CNCC1CCOC1. The number of hydrogen-bond donors (Lipinski definition) is 1. The van der Waals surface area contributed by atoms with Gasteiger partial charge in [-0.25, -0.2) is 0 Å². The van der Waals surface area contributed by atoms with Crippen LogP contribution in [0.3, 0.4) is 0 Å². The Kier molecular flexibility index (Phi) is 5.07. The molecule has 13 heavy (non-hydrogen) atoms. The summed E-state index contributed by atoms with van der Waals surface area (Å²) in [4.78, 5) is 0. The maximum Gasteiger partial charge on any atom is 0.0507 e. The Bertz CT molecular complexity index is 133. The first kappa shape index (κ1) is 11.3. The van der Waals surface area contributed by atoms with Crippen molar-refractivity contribution in [1.82, 2.24) is 5.32 Å². The molecule has 0 radical (unpaired) electrons. The molecule has 2 unspecified atom stereocenters. The molecular weight excluding hydrogens is 186 g/mol. The minimum Gasteiger partial charge on any atom is -0.381 e. The van der Waals surface area contributed by atoms with Gasteiger partial charge in [0.05, 0.1) is 6.61 Å². The molecule has 0 saturated carbocycles. The van der Waals surface area contributed by atoms with Crippen LogP contribution in [0.2, 0.25) is 0 Å². The van der Waals surface area contributed by atoms with E-state index in [1.165, 1.54) is 6.42 Å². The fourth-order valence-corrected chi connectivity index (χ4v) is 1.51. The summed E-state index contributed by atoms with van der Waals surface area (Å²) in [6.07, 6.45) is 1.20. The van der Waals surface area contributed by atoms with Gasteiger partial charge in [-0.05, 0) is 18.3 Å². The Morgan fingerprint density at radius 1 is 1.54 bits per heavy atom. The normalized spacial score (nSPS) is 25.4. The lowest BCUT2D eigenvalue weighted by molar-refractivity contribution is 0.185. The Morgan fingerprint density at radius 2 is 2.31 bits per heavy atom. The standard InChI is InChI=1S/C10H20ClNO/c1-8(2)10(11)6-12-5-9-3-4-13-7-9/h8-10,12H,3-7H2,1-2H3. The smallest absolute Gasteiger partial charge is 0.0507 e. The van der Waals surface area contributed by atoms with Crippen LogP contribution in [-0.4, -0.2) is 31.7 Å². The number of alkyl halides is 1. The average Bonchev–Trinajstić information content (AvgIpc) is 2.56. The van der Waals surface area contributed by atoms with Crippen LogP contribution in [-0.2, 0) is 4.74 Å². The summed E-state index contributed by atoms with van der Waals surface area (Å²) in [5.41, 5.74) is 0. The van der Waals surface area contributed by atoms with Crippen molar-refractivity contribution in [2.75, 3.05) is 26.3 Å². The van der Waals surface area contributed by atoms with Gasteiger partial charge in [-0.3, -0.25) is 0 Å². The Hall–Kier alpha value is 0.210. The van der Waals surface area contributed by atoms with Crippen molar-refractivity contribution in [3.05, 3.63) is 0 Å². The molecule has 78 valence electrons. The Labute approximate surface area is 86.0 Å². The second-order valence-electron chi connectivity index (χ2n) is 4.15. The van der Waals surface area contributed by atoms with Crippen LogP contribution in [0.4, 0.5) is 0 Å². The third-order valence-electron chi connectivity index (χ3n) is 2.52. The summed E-state index contributed by atoms with van der Waals surface area (Å²) in [6, 6.07) is 0. The molecule has 2 atom stereocenters. The van der Waals surface area contributed by atoms with Gasteiger partial charge in [0.15, 0.2) is 0 Å². The number of ether oxygens (including phenoxy) is 1. The molecule has 1 rings (SSSR count). The van der Waals surface area contributed by atoms with Gasteiger partial charge < -0.3 is 10.1 Å². The summed E-state index contributed by atoms with van der Waals surface area (Å²) in [5, 5.41) is 3.65. The summed E-state index contributed by atoms with van der Waals surface area (Å²) in [7, 11) is 0. The van der Waals surface area contributed by atoms with Crippen molar-refractivity contribution in [2.24, 2.45) is 11.8 Å². The fourth-order valence-electron chi connectivity index (χ4n) is 1.41. The van der Waals surface area contributed by atoms with Crippen LogP contribution in [0.15, 0.2) is 0 Å². The molecule has 0 aromatic rings. The highest BCUT2D eigenvalue weighted by atomic mass is 35.5. The van der Waals surface area contributed by atoms with Crippen LogP contribution in [0, 0.1) is 11.8 Å². The van der Waals surface area contributed by atoms with Crippen molar-refractivity contribution in [2.45, 2.75) is 25.6 Å². The lowest BCUT2D eigenvalue weighted by atomic mass is 10.1. The lowest BCUT2D eigenvalue weighted by Crippen LogP contribution is -2.31. The lowest BCUT2D eigenvalue weighted by Gasteiger charge is -2.15. The third kappa shape index (κ3) is 4.30. The highest BCUT2D eigenvalue weighted by Gasteiger charge is 2.16. The highest BCUT2D eigenvalue weighted by Crippen LogP contribution is 2.11. The first-order valence-corrected chi connectivity index (χ1v) is 5.56. The largest absolute Gasteiger partial charge is 0.381 e. The maximum absolute atomic E-state index is 6.11. The van der Waals surface area contributed by atoms with E-state index in [0.717, 1.165) is 26.3 Å². The molecule has 0 spiro atoms. The molecule has 1 heterocycles. The molecule has 1 aliphatic heterocycles. The monoisotopic (exact) mass is 205 g/mol. The van der Waals surface area contributed by atoms with Crippen LogP contribution in [0.25, 0.3) is 0 Å². The molecule has 1 saturated heterocycles. The predicted octanol–water partition coefficient (Wildman–Crippen LogP) is 1.88. The van der Waals surface area contributed by atoms with E-state index in [-0.39, 0.29) is 5.38 Å². The Morgan fingerprint density at radius 3 is 2.85 bits per heavy atom. The molecule has 0 bridgehead atoms. The Balaban J connectivity index is 1.99. The summed E-state index contributed by atoms with van der Waals surface area (Å²) < 4.78 is 5.29. The van der Waals surface area contributed by atoms with Gasteiger partial charge in [-0.1, -0.05) is 13.8 Å². The average molecular weight is 206 g/mol.